The van der Waals surface area contributed by atoms with E-state index in [0.717, 1.165) is 11.1 Å². The van der Waals surface area contributed by atoms with Gasteiger partial charge in [-0.25, -0.2) is 4.79 Å². The molecule has 1 heterocycles. The topological polar surface area (TPSA) is 44.8 Å². The van der Waals surface area contributed by atoms with E-state index >= 15 is 0 Å². The summed E-state index contributed by atoms with van der Waals surface area (Å²) < 4.78 is 16.2. The van der Waals surface area contributed by atoms with Crippen LogP contribution in [0.15, 0.2) is 54.1 Å². The Morgan fingerprint density at radius 2 is 1.75 bits per heavy atom. The summed E-state index contributed by atoms with van der Waals surface area (Å²) in [6.07, 6.45) is 2.38. The maximum absolute atomic E-state index is 12.3. The molecule has 2 aromatic rings. The van der Waals surface area contributed by atoms with Crippen LogP contribution in [0.3, 0.4) is 0 Å². The van der Waals surface area contributed by atoms with Gasteiger partial charge in [0.15, 0.2) is 11.5 Å². The molecular formula is C20H20O4. The number of rotatable bonds is 4. The summed E-state index contributed by atoms with van der Waals surface area (Å²) in [5.74, 6) is 1.00. The number of carbonyl (C=O) groups is 1. The lowest BCUT2D eigenvalue weighted by molar-refractivity contribution is -0.145. The normalized spacial score (nSPS) is 21.6. The Morgan fingerprint density at radius 1 is 1.04 bits per heavy atom. The Balaban J connectivity index is 1.90. The molecule has 0 amide bonds. The number of benzene rings is 2. The van der Waals surface area contributed by atoms with Gasteiger partial charge < -0.3 is 14.2 Å². The highest BCUT2D eigenvalue weighted by Crippen LogP contribution is 2.40. The standard InChI is InChI=1S/C20H20O4/c1-20(16-7-5-4-6-8-16)13-15(19(21)24-20)11-14-9-10-17(22-2)18(12-14)23-3/h4-12H,13H2,1-3H3/b15-11+. The van der Waals surface area contributed by atoms with E-state index in [1.165, 1.54) is 0 Å². The van der Waals surface area contributed by atoms with Crippen molar-refractivity contribution in [2.75, 3.05) is 14.2 Å². The molecule has 1 unspecified atom stereocenters. The molecule has 0 bridgehead atoms. The number of esters is 1. The lowest BCUT2D eigenvalue weighted by Gasteiger charge is -2.22. The largest absolute Gasteiger partial charge is 0.493 e. The van der Waals surface area contributed by atoms with Crippen LogP contribution >= 0.6 is 0 Å². The highest BCUT2D eigenvalue weighted by Gasteiger charge is 2.40. The highest BCUT2D eigenvalue weighted by atomic mass is 16.6. The molecular weight excluding hydrogens is 304 g/mol. The van der Waals surface area contributed by atoms with E-state index in [1.807, 2.05) is 61.5 Å². The lowest BCUT2D eigenvalue weighted by atomic mass is 9.91. The van der Waals surface area contributed by atoms with Crippen molar-refractivity contribution < 1.29 is 19.0 Å². The zero-order valence-corrected chi connectivity index (χ0v) is 14.0. The first kappa shape index (κ1) is 16.1. The van der Waals surface area contributed by atoms with Crippen molar-refractivity contribution in [2.24, 2.45) is 0 Å². The predicted molar refractivity (Wildman–Crippen MR) is 92.0 cm³/mol. The summed E-state index contributed by atoms with van der Waals surface area (Å²) in [6, 6.07) is 15.4. The van der Waals surface area contributed by atoms with Gasteiger partial charge in [-0.3, -0.25) is 0 Å². The summed E-state index contributed by atoms with van der Waals surface area (Å²) >= 11 is 0. The van der Waals surface area contributed by atoms with E-state index < -0.39 is 5.60 Å². The minimum atomic E-state index is -0.624. The third kappa shape index (κ3) is 3.00. The second kappa shape index (κ2) is 6.40. The summed E-state index contributed by atoms with van der Waals surface area (Å²) in [4.78, 5) is 12.3. The number of hydrogen-bond acceptors (Lipinski definition) is 4. The molecule has 0 saturated carbocycles. The van der Waals surface area contributed by atoms with Gasteiger partial charge in [0.05, 0.1) is 14.2 Å². The van der Waals surface area contributed by atoms with Gasteiger partial charge in [-0.15, -0.1) is 0 Å². The molecule has 1 saturated heterocycles. The lowest BCUT2D eigenvalue weighted by Crippen LogP contribution is -2.20. The Labute approximate surface area is 141 Å². The van der Waals surface area contributed by atoms with Gasteiger partial charge in [-0.2, -0.15) is 0 Å². The quantitative estimate of drug-likeness (QED) is 0.631. The number of methoxy groups -OCH3 is 2. The van der Waals surface area contributed by atoms with Gasteiger partial charge >= 0.3 is 5.97 Å². The molecule has 0 radical (unpaired) electrons. The molecule has 1 fully saturated rings. The summed E-state index contributed by atoms with van der Waals surface area (Å²) in [6.45, 7) is 1.94. The van der Waals surface area contributed by atoms with Gasteiger partial charge in [0.25, 0.3) is 0 Å². The van der Waals surface area contributed by atoms with E-state index in [-0.39, 0.29) is 5.97 Å². The maximum atomic E-state index is 12.3. The zero-order chi connectivity index (χ0) is 17.2. The first-order valence-corrected chi connectivity index (χ1v) is 7.77. The van der Waals surface area contributed by atoms with Crippen molar-refractivity contribution in [2.45, 2.75) is 18.9 Å². The Morgan fingerprint density at radius 3 is 2.42 bits per heavy atom. The molecule has 0 N–H and O–H groups in total. The van der Waals surface area contributed by atoms with E-state index in [9.17, 15) is 4.79 Å². The average molecular weight is 324 g/mol. The summed E-state index contributed by atoms with van der Waals surface area (Å²) in [5.41, 5.74) is 1.89. The number of hydrogen-bond donors (Lipinski definition) is 0. The zero-order valence-electron chi connectivity index (χ0n) is 14.0. The Bertz CT molecular complexity index is 779. The fourth-order valence-corrected chi connectivity index (χ4v) is 2.95. The first-order valence-electron chi connectivity index (χ1n) is 7.77. The Hall–Kier alpha value is -2.75. The summed E-state index contributed by atoms with van der Waals surface area (Å²) in [5, 5.41) is 0. The van der Waals surface area contributed by atoms with Crippen LogP contribution in [0.1, 0.15) is 24.5 Å². The molecule has 1 atom stereocenters. The van der Waals surface area contributed by atoms with Gasteiger partial charge in [-0.05, 0) is 36.3 Å². The summed E-state index contributed by atoms with van der Waals surface area (Å²) in [7, 11) is 3.18. The van der Waals surface area contributed by atoms with E-state index in [4.69, 9.17) is 14.2 Å². The van der Waals surface area contributed by atoms with Gasteiger partial charge in [0.2, 0.25) is 0 Å². The fourth-order valence-electron chi connectivity index (χ4n) is 2.95. The van der Waals surface area contributed by atoms with Crippen molar-refractivity contribution in [3.8, 4) is 11.5 Å². The van der Waals surface area contributed by atoms with Crippen LogP contribution in [-0.2, 0) is 15.1 Å². The van der Waals surface area contributed by atoms with Crippen LogP contribution in [0.4, 0.5) is 0 Å². The van der Waals surface area contributed by atoms with Crippen LogP contribution in [-0.4, -0.2) is 20.2 Å². The molecule has 0 aromatic heterocycles. The first-order chi connectivity index (χ1) is 11.6. The molecule has 124 valence electrons. The number of cyclic esters (lactones) is 1. The molecule has 24 heavy (non-hydrogen) atoms. The van der Waals surface area contributed by atoms with Crippen molar-refractivity contribution in [3.63, 3.8) is 0 Å². The highest BCUT2D eigenvalue weighted by molar-refractivity contribution is 5.96. The molecule has 4 heteroatoms. The van der Waals surface area contributed by atoms with Gasteiger partial charge in [0, 0.05) is 12.0 Å². The van der Waals surface area contributed by atoms with Crippen LogP contribution in [0.25, 0.3) is 6.08 Å². The van der Waals surface area contributed by atoms with Crippen molar-refractivity contribution >= 4 is 12.0 Å². The monoisotopic (exact) mass is 324 g/mol. The van der Waals surface area contributed by atoms with Crippen LogP contribution in [0, 0.1) is 0 Å². The second-order valence-electron chi connectivity index (χ2n) is 5.95. The smallest absolute Gasteiger partial charge is 0.335 e. The van der Waals surface area contributed by atoms with Crippen molar-refractivity contribution in [3.05, 3.63) is 65.2 Å². The molecule has 1 aliphatic heterocycles. The van der Waals surface area contributed by atoms with Crippen LogP contribution < -0.4 is 9.47 Å². The third-order valence-corrected chi connectivity index (χ3v) is 4.24. The molecule has 2 aromatic carbocycles. The van der Waals surface area contributed by atoms with E-state index in [1.54, 1.807) is 14.2 Å². The molecule has 3 rings (SSSR count). The van der Waals surface area contributed by atoms with Gasteiger partial charge in [0.1, 0.15) is 5.60 Å². The number of ether oxygens (including phenoxy) is 3. The van der Waals surface area contributed by atoms with Crippen LogP contribution in [0.5, 0.6) is 11.5 Å². The average Bonchev–Trinajstić information content (AvgIpc) is 2.90. The van der Waals surface area contributed by atoms with Crippen LogP contribution in [0.2, 0.25) is 0 Å². The van der Waals surface area contributed by atoms with Crippen molar-refractivity contribution in [1.29, 1.82) is 0 Å². The predicted octanol–water partition coefficient (Wildman–Crippen LogP) is 3.95. The SMILES string of the molecule is COc1ccc(/C=C2\CC(C)(c3ccccc3)OC2=O)cc1OC. The molecule has 0 aliphatic carbocycles. The van der Waals surface area contributed by atoms with E-state index in [2.05, 4.69) is 0 Å². The van der Waals surface area contributed by atoms with Gasteiger partial charge in [-0.1, -0.05) is 36.4 Å². The molecule has 1 aliphatic rings. The second-order valence-corrected chi connectivity index (χ2v) is 5.95. The maximum Gasteiger partial charge on any atom is 0.335 e. The van der Waals surface area contributed by atoms with Crippen molar-refractivity contribution in [1.82, 2.24) is 0 Å². The molecule has 0 spiro atoms. The Kier molecular flexibility index (Phi) is 4.30. The third-order valence-electron chi connectivity index (χ3n) is 4.24. The molecule has 4 nitrogen and oxygen atoms in total. The minimum Gasteiger partial charge on any atom is -0.493 e. The van der Waals surface area contributed by atoms with E-state index in [0.29, 0.717) is 23.5 Å². The minimum absolute atomic E-state index is 0.281. The fraction of sp³-hybridized carbons (Fsp3) is 0.250. The number of carbonyl (C=O) groups excluding carboxylic acids is 1.